The third-order valence-corrected chi connectivity index (χ3v) is 7.91. The number of hydrogen-bond donors (Lipinski definition) is 0. The Labute approximate surface area is 224 Å². The molecule has 3 aromatic rings. The number of carbonyl (C=O) groups excluding carboxylic acids is 1. The summed E-state index contributed by atoms with van der Waals surface area (Å²) < 4.78 is 6.22. The maximum atomic E-state index is 13.5. The smallest absolute Gasteiger partial charge is 0.282 e. The number of benzene rings is 1. The number of nitrogens with zero attached hydrogens (tertiary/aromatic N) is 10. The van der Waals surface area contributed by atoms with Gasteiger partial charge >= 0.3 is 0 Å². The third kappa shape index (κ3) is 4.89. The lowest BCUT2D eigenvalue weighted by Gasteiger charge is -2.30. The first-order chi connectivity index (χ1) is 18.6. The first kappa shape index (κ1) is 24.6. The van der Waals surface area contributed by atoms with Crippen molar-refractivity contribution in [2.75, 3.05) is 48.1 Å². The molecule has 6 rings (SSSR count). The highest BCUT2D eigenvalue weighted by molar-refractivity contribution is 7.21. The van der Waals surface area contributed by atoms with Gasteiger partial charge in [-0.1, -0.05) is 11.3 Å². The Bertz CT molecular complexity index is 1360. The number of hydrogen-bond acceptors (Lipinski definition) is 12. The van der Waals surface area contributed by atoms with E-state index in [4.69, 9.17) is 19.7 Å². The minimum atomic E-state index is -0.856. The van der Waals surface area contributed by atoms with E-state index in [-0.39, 0.29) is 11.9 Å². The van der Waals surface area contributed by atoms with Crippen LogP contribution < -0.4 is 19.5 Å². The molecule has 3 aliphatic rings. The monoisotopic (exact) mass is 534 g/mol. The molecule has 5 heterocycles. The molecule has 1 atom stereocenters. The maximum Gasteiger partial charge on any atom is 0.282 e. The summed E-state index contributed by atoms with van der Waals surface area (Å²) in [6.45, 7) is 5.34. The molecule has 3 aliphatic heterocycles. The molecule has 12 nitrogen and oxygen atoms in total. The number of thiazole rings is 1. The van der Waals surface area contributed by atoms with E-state index in [2.05, 4.69) is 30.1 Å². The zero-order chi connectivity index (χ0) is 26.1. The Morgan fingerprint density at radius 2 is 1.53 bits per heavy atom. The molecule has 2 saturated heterocycles. The van der Waals surface area contributed by atoms with Gasteiger partial charge in [0.2, 0.25) is 17.0 Å². The number of aromatic nitrogens is 4. The number of methoxy groups -OCH3 is 1. The Balaban J connectivity index is 1.27. The second kappa shape index (κ2) is 10.6. The Kier molecular flexibility index (Phi) is 6.83. The summed E-state index contributed by atoms with van der Waals surface area (Å²) in [5.74, 6) is 1.85. The molecule has 0 bridgehead atoms. The van der Waals surface area contributed by atoms with Gasteiger partial charge < -0.3 is 14.5 Å². The van der Waals surface area contributed by atoms with Crippen LogP contribution in [-0.2, 0) is 4.79 Å². The number of azo groups is 1. The topological polar surface area (TPSA) is 125 Å². The van der Waals surface area contributed by atoms with Crippen LogP contribution in [0.3, 0.4) is 0 Å². The second-order valence-electron chi connectivity index (χ2n) is 9.67. The SMILES string of the molecule is COc1ccc2nc(N=NC3C(=O)N(c4nc(N5CCCCC5)nc(N5CCCCC5)n4)N=C3C)sc2c1. The molecule has 0 aliphatic carbocycles. The lowest BCUT2D eigenvalue weighted by atomic mass is 10.1. The van der Waals surface area contributed by atoms with Crippen molar-refractivity contribution < 1.29 is 9.53 Å². The first-order valence-electron chi connectivity index (χ1n) is 13.1. The zero-order valence-corrected chi connectivity index (χ0v) is 22.4. The molecule has 0 radical (unpaired) electrons. The molecule has 1 unspecified atom stereocenters. The van der Waals surface area contributed by atoms with E-state index in [1.165, 1.54) is 29.2 Å². The normalized spacial score (nSPS) is 20.6. The van der Waals surface area contributed by atoms with Crippen molar-refractivity contribution in [2.45, 2.75) is 51.5 Å². The maximum absolute atomic E-state index is 13.5. The van der Waals surface area contributed by atoms with Crippen LogP contribution in [-0.4, -0.2) is 70.9 Å². The lowest BCUT2D eigenvalue weighted by Crippen LogP contribution is -2.36. The Morgan fingerprint density at radius 3 is 2.16 bits per heavy atom. The highest BCUT2D eigenvalue weighted by Crippen LogP contribution is 2.32. The van der Waals surface area contributed by atoms with Gasteiger partial charge in [-0.3, -0.25) is 4.79 Å². The molecular weight excluding hydrogens is 504 g/mol. The van der Waals surface area contributed by atoms with Crippen LogP contribution in [0.25, 0.3) is 10.2 Å². The largest absolute Gasteiger partial charge is 0.497 e. The summed E-state index contributed by atoms with van der Waals surface area (Å²) >= 11 is 1.39. The molecule has 198 valence electrons. The highest BCUT2D eigenvalue weighted by Gasteiger charge is 2.37. The van der Waals surface area contributed by atoms with Crippen LogP contribution in [0.1, 0.15) is 45.4 Å². The number of amides is 1. The predicted molar refractivity (Wildman–Crippen MR) is 147 cm³/mol. The van der Waals surface area contributed by atoms with Crippen LogP contribution in [0.4, 0.5) is 23.0 Å². The number of fused-ring (bicyclic) bond motifs is 1. The molecule has 0 saturated carbocycles. The van der Waals surface area contributed by atoms with Gasteiger partial charge in [0.25, 0.3) is 11.9 Å². The van der Waals surface area contributed by atoms with Crippen molar-refractivity contribution in [1.29, 1.82) is 0 Å². The molecular formula is C25H30N10O2S. The molecule has 13 heteroatoms. The molecule has 38 heavy (non-hydrogen) atoms. The third-order valence-electron chi connectivity index (χ3n) is 7.01. The van der Waals surface area contributed by atoms with Crippen molar-refractivity contribution in [3.05, 3.63) is 18.2 Å². The number of ether oxygens (including phenoxy) is 1. The zero-order valence-electron chi connectivity index (χ0n) is 21.6. The molecule has 2 aromatic heterocycles. The summed E-state index contributed by atoms with van der Waals surface area (Å²) in [7, 11) is 1.62. The van der Waals surface area contributed by atoms with Gasteiger partial charge in [0.15, 0.2) is 6.04 Å². The first-order valence-corrected chi connectivity index (χ1v) is 13.9. The minimum absolute atomic E-state index is 0.232. The van der Waals surface area contributed by atoms with Crippen molar-refractivity contribution >= 4 is 56.1 Å². The van der Waals surface area contributed by atoms with E-state index in [0.29, 0.717) is 22.7 Å². The van der Waals surface area contributed by atoms with E-state index in [0.717, 1.165) is 67.8 Å². The van der Waals surface area contributed by atoms with Crippen molar-refractivity contribution in [3.8, 4) is 5.75 Å². The highest BCUT2D eigenvalue weighted by atomic mass is 32.1. The number of piperidine rings is 2. The number of hydrazone groups is 1. The van der Waals surface area contributed by atoms with E-state index in [1.54, 1.807) is 14.0 Å². The number of rotatable bonds is 6. The summed E-state index contributed by atoms with van der Waals surface area (Å²) in [4.78, 5) is 36.5. The van der Waals surface area contributed by atoms with E-state index in [1.807, 2.05) is 18.2 Å². The number of anilines is 3. The molecule has 1 amide bonds. The standard InChI is InChI=1S/C25H30N10O2S/c1-16-20(30-31-25-26-18-10-9-17(37-2)15-19(18)38-25)21(36)35(32-16)24-28-22(33-11-5-3-6-12-33)27-23(29-24)34-13-7-4-8-14-34/h9-10,15,20H,3-8,11-14H2,1-2H3. The van der Waals surface area contributed by atoms with Gasteiger partial charge in [0.05, 0.1) is 23.0 Å². The molecule has 0 N–H and O–H groups in total. The van der Waals surface area contributed by atoms with Gasteiger partial charge in [0, 0.05) is 26.2 Å². The molecule has 2 fully saturated rings. The quantitative estimate of drug-likeness (QED) is 0.428. The van der Waals surface area contributed by atoms with Crippen LogP contribution in [0, 0.1) is 0 Å². The van der Waals surface area contributed by atoms with Gasteiger partial charge in [-0.15, -0.1) is 5.11 Å². The summed E-state index contributed by atoms with van der Waals surface area (Å²) in [6.07, 6.45) is 6.80. The van der Waals surface area contributed by atoms with Crippen LogP contribution in [0.15, 0.2) is 33.5 Å². The van der Waals surface area contributed by atoms with E-state index >= 15 is 0 Å². The van der Waals surface area contributed by atoms with Crippen LogP contribution in [0.5, 0.6) is 5.75 Å². The van der Waals surface area contributed by atoms with Crippen LogP contribution >= 0.6 is 11.3 Å². The van der Waals surface area contributed by atoms with Gasteiger partial charge in [-0.2, -0.15) is 30.2 Å². The van der Waals surface area contributed by atoms with Gasteiger partial charge in [-0.05, 0) is 63.6 Å². The van der Waals surface area contributed by atoms with Gasteiger partial charge in [0.1, 0.15) is 5.75 Å². The Hall–Kier alpha value is -3.74. The summed E-state index contributed by atoms with van der Waals surface area (Å²) in [5, 5.41) is 14.8. The fourth-order valence-electron chi connectivity index (χ4n) is 4.91. The number of carbonyl (C=O) groups is 1. The average Bonchev–Trinajstić information content (AvgIpc) is 3.51. The predicted octanol–water partition coefficient (Wildman–Crippen LogP) is 4.35. The van der Waals surface area contributed by atoms with Crippen molar-refractivity contribution in [1.82, 2.24) is 19.9 Å². The van der Waals surface area contributed by atoms with Gasteiger partial charge in [-0.25, -0.2) is 4.98 Å². The van der Waals surface area contributed by atoms with Crippen molar-refractivity contribution in [2.24, 2.45) is 15.3 Å². The molecule has 0 spiro atoms. The van der Waals surface area contributed by atoms with E-state index < -0.39 is 6.04 Å². The second-order valence-corrected chi connectivity index (χ2v) is 10.7. The fraction of sp³-hybridized carbons (Fsp3) is 0.520. The fourth-order valence-corrected chi connectivity index (χ4v) is 5.73. The minimum Gasteiger partial charge on any atom is -0.497 e. The van der Waals surface area contributed by atoms with Crippen molar-refractivity contribution in [3.63, 3.8) is 0 Å². The molecule has 1 aromatic carbocycles. The lowest BCUT2D eigenvalue weighted by molar-refractivity contribution is -0.118. The Morgan fingerprint density at radius 1 is 0.895 bits per heavy atom. The average molecular weight is 535 g/mol. The van der Waals surface area contributed by atoms with E-state index in [9.17, 15) is 4.79 Å². The summed E-state index contributed by atoms with van der Waals surface area (Å²) in [5.41, 5.74) is 1.33. The summed E-state index contributed by atoms with van der Waals surface area (Å²) in [6, 6.07) is 4.77. The van der Waals surface area contributed by atoms with Crippen LogP contribution in [0.2, 0.25) is 0 Å².